The van der Waals surface area contributed by atoms with Crippen molar-refractivity contribution in [1.29, 1.82) is 0 Å². The minimum atomic E-state index is -1.34. The van der Waals surface area contributed by atoms with Crippen LogP contribution in [0.25, 0.3) is 11.0 Å². The SMILES string of the molecule is Cc1c(C(=O)O[C@@H](C)C(=O)Nc2cc(F)ccc2F)oc2c(F)cccc12. The maximum Gasteiger partial charge on any atom is 0.375 e. The van der Waals surface area contributed by atoms with Crippen LogP contribution in [0.2, 0.25) is 0 Å². The first-order valence-corrected chi connectivity index (χ1v) is 7.92. The molecule has 8 heteroatoms. The number of rotatable bonds is 4. The summed E-state index contributed by atoms with van der Waals surface area (Å²) in [6.45, 7) is 2.80. The number of furan rings is 1. The Morgan fingerprint density at radius 2 is 1.85 bits per heavy atom. The third-order valence-electron chi connectivity index (χ3n) is 3.94. The molecule has 1 N–H and O–H groups in total. The molecule has 0 aliphatic rings. The van der Waals surface area contributed by atoms with Crippen LogP contribution in [0.4, 0.5) is 18.9 Å². The lowest BCUT2D eigenvalue weighted by Gasteiger charge is -2.13. The molecule has 0 aliphatic carbocycles. The molecule has 1 aromatic heterocycles. The summed E-state index contributed by atoms with van der Waals surface area (Å²) in [4.78, 5) is 24.4. The van der Waals surface area contributed by atoms with Crippen LogP contribution in [0, 0.1) is 24.4 Å². The van der Waals surface area contributed by atoms with E-state index in [9.17, 15) is 22.8 Å². The van der Waals surface area contributed by atoms with Crippen LogP contribution in [0.5, 0.6) is 0 Å². The summed E-state index contributed by atoms with van der Waals surface area (Å²) >= 11 is 0. The van der Waals surface area contributed by atoms with Crippen molar-refractivity contribution in [2.75, 3.05) is 5.32 Å². The predicted octanol–water partition coefficient (Wildman–Crippen LogP) is 4.34. The van der Waals surface area contributed by atoms with Crippen molar-refractivity contribution in [3.8, 4) is 0 Å². The zero-order chi connectivity index (χ0) is 19.7. The van der Waals surface area contributed by atoms with E-state index in [0.29, 0.717) is 10.9 Å². The van der Waals surface area contributed by atoms with Gasteiger partial charge in [-0.25, -0.2) is 18.0 Å². The van der Waals surface area contributed by atoms with Crippen LogP contribution < -0.4 is 5.32 Å². The summed E-state index contributed by atoms with van der Waals surface area (Å²) in [5.41, 5.74) is -0.121. The number of anilines is 1. The molecule has 1 atom stereocenters. The second kappa shape index (κ2) is 7.14. The normalized spacial score (nSPS) is 12.0. The predicted molar refractivity (Wildman–Crippen MR) is 90.8 cm³/mol. The van der Waals surface area contributed by atoms with E-state index in [1.54, 1.807) is 13.0 Å². The first kappa shape index (κ1) is 18.5. The van der Waals surface area contributed by atoms with Gasteiger partial charge in [0.15, 0.2) is 17.5 Å². The Kier molecular flexibility index (Phi) is 4.89. The first-order chi connectivity index (χ1) is 12.8. The average Bonchev–Trinajstić information content (AvgIpc) is 2.96. The fraction of sp³-hybridized carbons (Fsp3) is 0.158. The molecule has 0 fully saturated rings. The van der Waals surface area contributed by atoms with Gasteiger partial charge in [-0.2, -0.15) is 0 Å². The van der Waals surface area contributed by atoms with Crippen LogP contribution in [-0.2, 0) is 9.53 Å². The largest absolute Gasteiger partial charge is 0.447 e. The smallest absolute Gasteiger partial charge is 0.375 e. The lowest BCUT2D eigenvalue weighted by molar-refractivity contribution is -0.123. The maximum absolute atomic E-state index is 13.8. The number of hydrogen-bond donors (Lipinski definition) is 1. The molecule has 1 heterocycles. The monoisotopic (exact) mass is 377 g/mol. The molecule has 0 bridgehead atoms. The highest BCUT2D eigenvalue weighted by atomic mass is 19.1. The lowest BCUT2D eigenvalue weighted by Crippen LogP contribution is -2.30. The topological polar surface area (TPSA) is 68.5 Å². The van der Waals surface area contributed by atoms with Crippen molar-refractivity contribution >= 4 is 28.5 Å². The first-order valence-electron chi connectivity index (χ1n) is 7.92. The summed E-state index contributed by atoms with van der Waals surface area (Å²) < 4.78 is 50.8. The number of benzene rings is 2. The highest BCUT2D eigenvalue weighted by Gasteiger charge is 2.25. The molecule has 140 valence electrons. The number of esters is 1. The number of amides is 1. The Bertz CT molecular complexity index is 1040. The molecule has 1 amide bonds. The summed E-state index contributed by atoms with van der Waals surface area (Å²) in [5.74, 6) is -4.31. The fourth-order valence-electron chi connectivity index (χ4n) is 2.50. The highest BCUT2D eigenvalue weighted by molar-refractivity contribution is 5.99. The van der Waals surface area contributed by atoms with Crippen LogP contribution in [0.1, 0.15) is 23.0 Å². The van der Waals surface area contributed by atoms with E-state index in [4.69, 9.17) is 9.15 Å². The van der Waals surface area contributed by atoms with Gasteiger partial charge < -0.3 is 14.5 Å². The second-order valence-corrected chi connectivity index (χ2v) is 5.83. The minimum Gasteiger partial charge on any atom is -0.447 e. The highest BCUT2D eigenvalue weighted by Crippen LogP contribution is 2.28. The molecule has 3 rings (SSSR count). The zero-order valence-corrected chi connectivity index (χ0v) is 14.3. The number of fused-ring (bicyclic) bond motifs is 1. The van der Waals surface area contributed by atoms with Crippen LogP contribution in [0.3, 0.4) is 0 Å². The van der Waals surface area contributed by atoms with Crippen molar-refractivity contribution in [2.45, 2.75) is 20.0 Å². The van der Waals surface area contributed by atoms with Gasteiger partial charge in [0.25, 0.3) is 5.91 Å². The molecule has 0 spiro atoms. The summed E-state index contributed by atoms with van der Waals surface area (Å²) in [5, 5.41) is 2.54. The van der Waals surface area contributed by atoms with Crippen LogP contribution >= 0.6 is 0 Å². The average molecular weight is 377 g/mol. The van der Waals surface area contributed by atoms with E-state index in [1.807, 2.05) is 0 Å². The van der Waals surface area contributed by atoms with Gasteiger partial charge in [-0.05, 0) is 32.0 Å². The summed E-state index contributed by atoms with van der Waals surface area (Å²) in [7, 11) is 0. The van der Waals surface area contributed by atoms with E-state index in [-0.39, 0.29) is 17.0 Å². The van der Waals surface area contributed by atoms with Crippen molar-refractivity contribution in [3.63, 3.8) is 0 Å². The van der Waals surface area contributed by atoms with Crippen LogP contribution in [-0.4, -0.2) is 18.0 Å². The van der Waals surface area contributed by atoms with Crippen molar-refractivity contribution < 1.29 is 31.9 Å². The van der Waals surface area contributed by atoms with E-state index >= 15 is 0 Å². The summed E-state index contributed by atoms with van der Waals surface area (Å²) in [6.07, 6.45) is -1.34. The molecule has 3 aromatic rings. The van der Waals surface area contributed by atoms with Crippen molar-refractivity contribution in [3.05, 3.63) is 65.2 Å². The number of hydrogen-bond acceptors (Lipinski definition) is 4. The molecule has 0 saturated carbocycles. The number of halogens is 3. The van der Waals surface area contributed by atoms with Gasteiger partial charge in [0.2, 0.25) is 5.76 Å². The molecule has 5 nitrogen and oxygen atoms in total. The minimum absolute atomic E-state index is 0.0964. The van der Waals surface area contributed by atoms with Gasteiger partial charge in [0.05, 0.1) is 5.69 Å². The van der Waals surface area contributed by atoms with Gasteiger partial charge in [-0.3, -0.25) is 4.79 Å². The molecule has 0 unspecified atom stereocenters. The number of carbonyl (C=O) groups excluding carboxylic acids is 2. The fourth-order valence-corrected chi connectivity index (χ4v) is 2.50. The Morgan fingerprint density at radius 1 is 1.11 bits per heavy atom. The Labute approximate surface area is 151 Å². The molecular formula is C19H14F3NO4. The third kappa shape index (κ3) is 3.64. The van der Waals surface area contributed by atoms with E-state index in [2.05, 4.69) is 5.32 Å². The number of nitrogens with one attached hydrogen (secondary N) is 1. The molecule has 0 radical (unpaired) electrons. The Morgan fingerprint density at radius 3 is 2.56 bits per heavy atom. The van der Waals surface area contributed by atoms with E-state index in [0.717, 1.165) is 18.2 Å². The zero-order valence-electron chi connectivity index (χ0n) is 14.3. The lowest BCUT2D eigenvalue weighted by atomic mass is 10.1. The molecule has 0 aliphatic heterocycles. The molecule has 2 aromatic carbocycles. The van der Waals surface area contributed by atoms with Gasteiger partial charge >= 0.3 is 5.97 Å². The van der Waals surface area contributed by atoms with E-state index < -0.39 is 35.4 Å². The molecular weight excluding hydrogens is 363 g/mol. The van der Waals surface area contributed by atoms with Gasteiger partial charge in [-0.15, -0.1) is 0 Å². The van der Waals surface area contributed by atoms with E-state index in [1.165, 1.54) is 19.1 Å². The quantitative estimate of drug-likeness (QED) is 0.687. The number of aryl methyl sites for hydroxylation is 1. The maximum atomic E-state index is 13.8. The molecule has 27 heavy (non-hydrogen) atoms. The molecule has 0 saturated heterocycles. The number of para-hydroxylation sites is 1. The van der Waals surface area contributed by atoms with Crippen molar-refractivity contribution in [2.24, 2.45) is 0 Å². The van der Waals surface area contributed by atoms with Gasteiger partial charge in [0, 0.05) is 17.0 Å². The Hall–Kier alpha value is -3.29. The number of ether oxygens (including phenoxy) is 1. The second-order valence-electron chi connectivity index (χ2n) is 5.83. The third-order valence-corrected chi connectivity index (χ3v) is 3.94. The number of carbonyl (C=O) groups is 2. The van der Waals surface area contributed by atoms with Crippen LogP contribution in [0.15, 0.2) is 40.8 Å². The van der Waals surface area contributed by atoms with Gasteiger partial charge in [0.1, 0.15) is 11.6 Å². The van der Waals surface area contributed by atoms with Crippen molar-refractivity contribution in [1.82, 2.24) is 0 Å². The summed E-state index contributed by atoms with van der Waals surface area (Å²) in [6, 6.07) is 6.79. The van der Waals surface area contributed by atoms with Gasteiger partial charge in [-0.1, -0.05) is 12.1 Å². The Balaban J connectivity index is 1.75. The standard InChI is InChI=1S/C19H14F3NO4/c1-9-12-4-3-5-14(22)17(12)27-16(9)19(25)26-10(2)18(24)23-15-8-11(20)6-7-13(15)21/h3-8,10H,1-2H3,(H,23,24)/t10-/m0/s1.